The average Bonchev–Trinajstić information content (AvgIpc) is 3.44. The number of carbonyl (C=O) groups excluding carboxylic acids is 2. The first-order chi connectivity index (χ1) is 14.7. The van der Waals surface area contributed by atoms with Gasteiger partial charge in [0.15, 0.2) is 0 Å². The molecule has 2 N–H and O–H groups in total. The van der Waals surface area contributed by atoms with Gasteiger partial charge in [-0.3, -0.25) is 9.59 Å². The first-order valence-corrected chi connectivity index (χ1v) is 11.1. The molecule has 0 spiro atoms. The summed E-state index contributed by atoms with van der Waals surface area (Å²) in [4.78, 5) is 26.9. The zero-order valence-electron chi connectivity index (χ0n) is 16.4. The maximum absolute atomic E-state index is 12.8. The van der Waals surface area contributed by atoms with E-state index in [1.54, 1.807) is 24.3 Å². The Labute approximate surface area is 179 Å². The highest BCUT2D eigenvalue weighted by Crippen LogP contribution is 2.42. The largest absolute Gasteiger partial charge is 0.488 e. The van der Waals surface area contributed by atoms with Crippen molar-refractivity contribution in [2.75, 3.05) is 5.32 Å². The Morgan fingerprint density at radius 1 is 0.967 bits per heavy atom. The van der Waals surface area contributed by atoms with Gasteiger partial charge in [-0.05, 0) is 55.3 Å². The van der Waals surface area contributed by atoms with Crippen molar-refractivity contribution in [1.82, 2.24) is 5.32 Å². The predicted molar refractivity (Wildman–Crippen MR) is 118 cm³/mol. The molecule has 0 atom stereocenters. The Morgan fingerprint density at radius 3 is 2.53 bits per heavy atom. The number of para-hydroxylation sites is 1. The van der Waals surface area contributed by atoms with Gasteiger partial charge in [0.25, 0.3) is 11.8 Å². The lowest BCUT2D eigenvalue weighted by Crippen LogP contribution is -2.32. The number of hydrogen-bond acceptors (Lipinski definition) is 4. The topological polar surface area (TPSA) is 67.4 Å². The lowest BCUT2D eigenvalue weighted by molar-refractivity contribution is 0.0937. The number of anilines is 1. The summed E-state index contributed by atoms with van der Waals surface area (Å²) in [5.41, 5.74) is 3.34. The minimum absolute atomic E-state index is 0.0515. The van der Waals surface area contributed by atoms with Gasteiger partial charge in [0.05, 0.1) is 4.88 Å². The van der Waals surface area contributed by atoms with Crippen molar-refractivity contribution in [1.29, 1.82) is 0 Å². The number of nitrogens with one attached hydrogen (secondary N) is 2. The van der Waals surface area contributed by atoms with Gasteiger partial charge in [0.2, 0.25) is 0 Å². The number of amides is 2. The van der Waals surface area contributed by atoms with E-state index in [1.165, 1.54) is 24.2 Å². The monoisotopic (exact) mass is 418 g/mol. The fourth-order valence-electron chi connectivity index (χ4n) is 4.05. The normalized spacial score (nSPS) is 15.1. The second kappa shape index (κ2) is 7.95. The maximum Gasteiger partial charge on any atom is 0.265 e. The molecule has 1 aliphatic carbocycles. The number of carbonyl (C=O) groups is 2. The maximum atomic E-state index is 12.8. The van der Waals surface area contributed by atoms with Crippen LogP contribution in [0.15, 0.2) is 54.6 Å². The Kier molecular flexibility index (Phi) is 5.01. The zero-order valence-corrected chi connectivity index (χ0v) is 17.3. The molecule has 1 aromatic heterocycles. The van der Waals surface area contributed by atoms with Crippen molar-refractivity contribution in [2.24, 2.45) is 0 Å². The SMILES string of the molecule is O=C(NC1CCCC1)c1ccc(NC(=O)c2cc3c(s2)-c2ccccc2OC3)cc1. The Balaban J connectivity index is 1.27. The van der Waals surface area contributed by atoms with E-state index in [2.05, 4.69) is 10.6 Å². The molecule has 2 amide bonds. The minimum Gasteiger partial charge on any atom is -0.488 e. The van der Waals surface area contributed by atoms with Crippen molar-refractivity contribution < 1.29 is 14.3 Å². The van der Waals surface area contributed by atoms with Crippen molar-refractivity contribution in [3.05, 3.63) is 70.6 Å². The van der Waals surface area contributed by atoms with Gasteiger partial charge in [-0.1, -0.05) is 25.0 Å². The van der Waals surface area contributed by atoms with Crippen LogP contribution in [0.4, 0.5) is 5.69 Å². The van der Waals surface area contributed by atoms with Crippen LogP contribution in [0.1, 0.15) is 51.3 Å². The van der Waals surface area contributed by atoms with Gasteiger partial charge in [0, 0.05) is 33.3 Å². The smallest absolute Gasteiger partial charge is 0.265 e. The molecule has 5 rings (SSSR count). The van der Waals surface area contributed by atoms with Gasteiger partial charge in [-0.2, -0.15) is 0 Å². The molecule has 0 saturated heterocycles. The molecule has 2 aliphatic rings. The second-order valence-corrected chi connectivity index (χ2v) is 8.79. The van der Waals surface area contributed by atoms with Crippen molar-refractivity contribution in [2.45, 2.75) is 38.3 Å². The van der Waals surface area contributed by atoms with Gasteiger partial charge in [0.1, 0.15) is 12.4 Å². The highest BCUT2D eigenvalue weighted by atomic mass is 32.1. The van der Waals surface area contributed by atoms with E-state index in [0.717, 1.165) is 34.6 Å². The van der Waals surface area contributed by atoms with E-state index in [1.807, 2.05) is 30.3 Å². The highest BCUT2D eigenvalue weighted by Gasteiger charge is 2.22. The number of benzene rings is 2. The molecule has 5 nitrogen and oxygen atoms in total. The molecule has 1 aliphatic heterocycles. The van der Waals surface area contributed by atoms with Crippen LogP contribution in [0, 0.1) is 0 Å². The first-order valence-electron chi connectivity index (χ1n) is 10.2. The summed E-state index contributed by atoms with van der Waals surface area (Å²) < 4.78 is 5.78. The molecule has 0 unspecified atom stereocenters. The standard InChI is InChI=1S/C24H22N2O3S/c27-23(25-17-5-1-2-6-17)15-9-11-18(12-10-15)26-24(28)21-13-16-14-29-20-8-4-3-7-19(20)22(16)30-21/h3-4,7-13,17H,1-2,5-6,14H2,(H,25,27)(H,26,28). The summed E-state index contributed by atoms with van der Waals surface area (Å²) in [5.74, 6) is 0.643. The van der Waals surface area contributed by atoms with Crippen LogP contribution in [0.5, 0.6) is 5.75 Å². The van der Waals surface area contributed by atoms with Crippen molar-refractivity contribution >= 4 is 28.8 Å². The van der Waals surface area contributed by atoms with E-state index < -0.39 is 0 Å². The van der Waals surface area contributed by atoms with Gasteiger partial charge >= 0.3 is 0 Å². The van der Waals surface area contributed by atoms with Gasteiger partial charge in [-0.15, -0.1) is 11.3 Å². The van der Waals surface area contributed by atoms with E-state index >= 15 is 0 Å². The lowest BCUT2D eigenvalue weighted by atomic mass is 10.1. The molecule has 152 valence electrons. The van der Waals surface area contributed by atoms with Crippen LogP contribution >= 0.6 is 11.3 Å². The third kappa shape index (κ3) is 3.71. The molecule has 2 aromatic carbocycles. The molecule has 1 saturated carbocycles. The minimum atomic E-state index is -0.157. The molecule has 1 fully saturated rings. The van der Waals surface area contributed by atoms with Crippen LogP contribution in [-0.4, -0.2) is 17.9 Å². The summed E-state index contributed by atoms with van der Waals surface area (Å²) in [6.45, 7) is 0.473. The van der Waals surface area contributed by atoms with Crippen LogP contribution in [0.25, 0.3) is 10.4 Å². The Hall–Kier alpha value is -3.12. The molecule has 2 heterocycles. The number of rotatable bonds is 4. The zero-order chi connectivity index (χ0) is 20.5. The quantitative estimate of drug-likeness (QED) is 0.609. The van der Waals surface area contributed by atoms with Crippen LogP contribution < -0.4 is 15.4 Å². The van der Waals surface area contributed by atoms with E-state index in [-0.39, 0.29) is 17.9 Å². The summed E-state index contributed by atoms with van der Waals surface area (Å²) in [6, 6.07) is 17.1. The Bertz CT molecular complexity index is 1100. The summed E-state index contributed by atoms with van der Waals surface area (Å²) >= 11 is 1.47. The predicted octanol–water partition coefficient (Wildman–Crippen LogP) is 5.23. The van der Waals surface area contributed by atoms with Crippen molar-refractivity contribution in [3.8, 4) is 16.2 Å². The van der Waals surface area contributed by atoms with Gasteiger partial charge in [-0.25, -0.2) is 0 Å². The van der Waals surface area contributed by atoms with E-state index in [0.29, 0.717) is 22.7 Å². The molecular weight excluding hydrogens is 396 g/mol. The van der Waals surface area contributed by atoms with Crippen molar-refractivity contribution in [3.63, 3.8) is 0 Å². The number of hydrogen-bond donors (Lipinski definition) is 2. The number of fused-ring (bicyclic) bond motifs is 3. The van der Waals surface area contributed by atoms with Crippen LogP contribution in [-0.2, 0) is 6.61 Å². The van der Waals surface area contributed by atoms with Crippen LogP contribution in [0.3, 0.4) is 0 Å². The van der Waals surface area contributed by atoms with Crippen LogP contribution in [0.2, 0.25) is 0 Å². The third-order valence-electron chi connectivity index (χ3n) is 5.64. The molecule has 3 aromatic rings. The summed E-state index contributed by atoms with van der Waals surface area (Å²) in [5, 5.41) is 6.01. The number of ether oxygens (including phenoxy) is 1. The molecule has 0 bridgehead atoms. The molecular formula is C24H22N2O3S. The van der Waals surface area contributed by atoms with E-state index in [9.17, 15) is 9.59 Å². The lowest BCUT2D eigenvalue weighted by Gasteiger charge is -2.16. The number of thiophene rings is 1. The molecule has 6 heteroatoms. The molecule has 30 heavy (non-hydrogen) atoms. The van der Waals surface area contributed by atoms with E-state index in [4.69, 9.17) is 4.74 Å². The highest BCUT2D eigenvalue weighted by molar-refractivity contribution is 7.17. The fourth-order valence-corrected chi connectivity index (χ4v) is 5.14. The summed E-state index contributed by atoms with van der Waals surface area (Å²) in [6.07, 6.45) is 4.47. The third-order valence-corrected chi connectivity index (χ3v) is 6.85. The van der Waals surface area contributed by atoms with Gasteiger partial charge < -0.3 is 15.4 Å². The Morgan fingerprint density at radius 2 is 1.73 bits per heavy atom. The first kappa shape index (κ1) is 18.9. The average molecular weight is 419 g/mol. The molecule has 0 radical (unpaired) electrons. The fraction of sp³-hybridized carbons (Fsp3) is 0.250. The second-order valence-electron chi connectivity index (χ2n) is 7.74. The summed E-state index contributed by atoms with van der Waals surface area (Å²) in [7, 11) is 0.